The first-order valence-corrected chi connectivity index (χ1v) is 9.96. The number of carbonyl (C=O) groups excluding carboxylic acids is 1. The molecular weight excluding hydrogens is 328 g/mol. The van der Waals surface area contributed by atoms with Crippen LogP contribution in [0.5, 0.6) is 11.5 Å². The molecule has 0 radical (unpaired) electrons. The fraction of sp³-hybridized carbons (Fsp3) is 0.667. The lowest BCUT2D eigenvalue weighted by Crippen LogP contribution is -2.56. The van der Waals surface area contributed by atoms with E-state index in [1.165, 1.54) is 58.0 Å². The number of nitrogens with one attached hydrogen (secondary N) is 1. The summed E-state index contributed by atoms with van der Waals surface area (Å²) in [5.74, 6) is 1.33. The molecule has 0 bridgehead atoms. The molecule has 26 heavy (non-hydrogen) atoms. The first kappa shape index (κ1) is 19.0. The molecule has 1 aromatic rings. The standard InChI is InChI=1S/C21H32N2O3/c1-17(26-19-10-8-9-18(15-19)25-2)20(24)22-16-21(11-4-3-5-12-21)23-13-6-7-14-23/h8-10,15,17H,3-7,11-14,16H2,1-2H3,(H,22,24)/t17-/m1/s1. The molecule has 1 amide bonds. The molecule has 144 valence electrons. The van der Waals surface area contributed by atoms with Crippen LogP contribution in [0.1, 0.15) is 51.9 Å². The second kappa shape index (κ2) is 8.76. The van der Waals surface area contributed by atoms with Gasteiger partial charge in [-0.25, -0.2) is 0 Å². The average molecular weight is 360 g/mol. The van der Waals surface area contributed by atoms with Crippen molar-refractivity contribution in [2.45, 2.75) is 63.5 Å². The topological polar surface area (TPSA) is 50.8 Å². The Balaban J connectivity index is 1.57. The summed E-state index contributed by atoms with van der Waals surface area (Å²) in [6, 6.07) is 7.37. The van der Waals surface area contributed by atoms with E-state index in [0.717, 1.165) is 12.3 Å². The number of nitrogens with zero attached hydrogens (tertiary/aromatic N) is 1. The van der Waals surface area contributed by atoms with Crippen LogP contribution < -0.4 is 14.8 Å². The lowest BCUT2D eigenvalue weighted by atomic mass is 9.80. The van der Waals surface area contributed by atoms with Crippen LogP contribution in [0.2, 0.25) is 0 Å². The molecule has 1 aliphatic heterocycles. The van der Waals surface area contributed by atoms with Crippen molar-refractivity contribution >= 4 is 5.91 Å². The number of likely N-dealkylation sites (tertiary alicyclic amines) is 1. The Kier molecular flexibility index (Phi) is 6.41. The summed E-state index contributed by atoms with van der Waals surface area (Å²) in [5, 5.41) is 3.18. The van der Waals surface area contributed by atoms with Crippen LogP contribution in [0, 0.1) is 0 Å². The first-order valence-electron chi connectivity index (χ1n) is 9.96. The molecule has 1 saturated heterocycles. The van der Waals surface area contributed by atoms with E-state index in [2.05, 4.69) is 10.2 Å². The van der Waals surface area contributed by atoms with Gasteiger partial charge in [0.2, 0.25) is 0 Å². The monoisotopic (exact) mass is 360 g/mol. The van der Waals surface area contributed by atoms with Crippen LogP contribution in [-0.4, -0.2) is 49.2 Å². The molecule has 3 rings (SSSR count). The molecule has 5 heteroatoms. The van der Waals surface area contributed by atoms with Gasteiger partial charge in [0, 0.05) is 18.2 Å². The van der Waals surface area contributed by atoms with Crippen molar-refractivity contribution in [3.05, 3.63) is 24.3 Å². The normalized spacial score (nSPS) is 21.2. The van der Waals surface area contributed by atoms with Crippen molar-refractivity contribution in [2.24, 2.45) is 0 Å². The maximum atomic E-state index is 12.6. The Labute approximate surface area is 157 Å². The molecule has 5 nitrogen and oxygen atoms in total. The minimum absolute atomic E-state index is 0.0445. The average Bonchev–Trinajstić information content (AvgIpc) is 3.22. The number of methoxy groups -OCH3 is 1. The van der Waals surface area contributed by atoms with Crippen LogP contribution in [-0.2, 0) is 4.79 Å². The number of hydrogen-bond acceptors (Lipinski definition) is 4. The lowest BCUT2D eigenvalue weighted by molar-refractivity contribution is -0.128. The van der Waals surface area contributed by atoms with E-state index in [0.29, 0.717) is 5.75 Å². The van der Waals surface area contributed by atoms with Crippen molar-refractivity contribution in [3.63, 3.8) is 0 Å². The Morgan fingerprint density at radius 2 is 1.85 bits per heavy atom. The van der Waals surface area contributed by atoms with Crippen LogP contribution in [0.15, 0.2) is 24.3 Å². The number of hydrogen-bond donors (Lipinski definition) is 1. The highest BCUT2D eigenvalue weighted by molar-refractivity contribution is 5.80. The van der Waals surface area contributed by atoms with Crippen LogP contribution in [0.3, 0.4) is 0 Å². The Morgan fingerprint density at radius 1 is 1.15 bits per heavy atom. The fourth-order valence-electron chi connectivity index (χ4n) is 4.33. The van der Waals surface area contributed by atoms with Gasteiger partial charge >= 0.3 is 0 Å². The predicted molar refractivity (Wildman–Crippen MR) is 103 cm³/mol. The highest BCUT2D eigenvalue weighted by atomic mass is 16.5. The van der Waals surface area contributed by atoms with Crippen molar-refractivity contribution in [3.8, 4) is 11.5 Å². The smallest absolute Gasteiger partial charge is 0.260 e. The van der Waals surface area contributed by atoms with Gasteiger partial charge in [-0.2, -0.15) is 0 Å². The van der Waals surface area contributed by atoms with Crippen molar-refractivity contribution in [1.29, 1.82) is 0 Å². The SMILES string of the molecule is COc1cccc(O[C@H](C)C(=O)NCC2(N3CCCC3)CCCCC2)c1. The van der Waals surface area contributed by atoms with E-state index < -0.39 is 6.10 Å². The second-order valence-corrected chi connectivity index (χ2v) is 7.64. The van der Waals surface area contributed by atoms with Gasteiger partial charge in [-0.3, -0.25) is 9.69 Å². The van der Waals surface area contributed by atoms with E-state index in [4.69, 9.17) is 9.47 Å². The summed E-state index contributed by atoms with van der Waals surface area (Å²) in [4.78, 5) is 15.2. The largest absolute Gasteiger partial charge is 0.497 e. The van der Waals surface area contributed by atoms with Crippen molar-refractivity contribution < 1.29 is 14.3 Å². The van der Waals surface area contributed by atoms with E-state index >= 15 is 0 Å². The first-order chi connectivity index (χ1) is 12.6. The molecule has 1 aromatic carbocycles. The molecular formula is C21H32N2O3. The lowest BCUT2D eigenvalue weighted by Gasteiger charge is -2.45. The van der Waals surface area contributed by atoms with Gasteiger partial charge in [0.05, 0.1) is 7.11 Å². The Morgan fingerprint density at radius 3 is 2.54 bits per heavy atom. The zero-order valence-corrected chi connectivity index (χ0v) is 16.1. The maximum Gasteiger partial charge on any atom is 0.260 e. The molecule has 1 aliphatic carbocycles. The van der Waals surface area contributed by atoms with Crippen LogP contribution >= 0.6 is 0 Å². The molecule has 2 aliphatic rings. The predicted octanol–water partition coefficient (Wildman–Crippen LogP) is 3.38. The summed E-state index contributed by atoms with van der Waals surface area (Å²) in [7, 11) is 1.62. The third kappa shape index (κ3) is 4.50. The quantitative estimate of drug-likeness (QED) is 0.810. The van der Waals surface area contributed by atoms with Gasteiger partial charge in [0.1, 0.15) is 11.5 Å². The van der Waals surface area contributed by atoms with Crippen LogP contribution in [0.25, 0.3) is 0 Å². The molecule has 1 saturated carbocycles. The van der Waals surface area contributed by atoms with Crippen molar-refractivity contribution in [2.75, 3.05) is 26.7 Å². The second-order valence-electron chi connectivity index (χ2n) is 7.64. The zero-order chi connectivity index (χ0) is 18.4. The zero-order valence-electron chi connectivity index (χ0n) is 16.1. The van der Waals surface area contributed by atoms with Gasteiger partial charge in [0.15, 0.2) is 6.10 Å². The molecule has 2 fully saturated rings. The Bertz CT molecular complexity index is 593. The molecule has 0 unspecified atom stereocenters. The minimum atomic E-state index is -0.527. The van der Waals surface area contributed by atoms with Gasteiger partial charge in [-0.15, -0.1) is 0 Å². The van der Waals surface area contributed by atoms with E-state index in [-0.39, 0.29) is 11.4 Å². The van der Waals surface area contributed by atoms with E-state index in [1.54, 1.807) is 20.1 Å². The maximum absolute atomic E-state index is 12.6. The number of ether oxygens (including phenoxy) is 2. The Hall–Kier alpha value is -1.75. The number of rotatable bonds is 7. The fourth-order valence-corrected chi connectivity index (χ4v) is 4.33. The van der Waals surface area contributed by atoms with Gasteiger partial charge in [-0.1, -0.05) is 25.3 Å². The summed E-state index contributed by atoms with van der Waals surface area (Å²) >= 11 is 0. The number of carbonyl (C=O) groups is 1. The minimum Gasteiger partial charge on any atom is -0.497 e. The van der Waals surface area contributed by atoms with E-state index in [1.807, 2.05) is 18.2 Å². The number of amides is 1. The third-order valence-electron chi connectivity index (χ3n) is 5.88. The number of benzene rings is 1. The molecule has 1 atom stereocenters. The van der Waals surface area contributed by atoms with Crippen molar-refractivity contribution in [1.82, 2.24) is 10.2 Å². The summed E-state index contributed by atoms with van der Waals surface area (Å²) in [6.45, 7) is 4.88. The van der Waals surface area contributed by atoms with E-state index in [9.17, 15) is 4.79 Å². The van der Waals surface area contributed by atoms with Gasteiger partial charge < -0.3 is 14.8 Å². The summed E-state index contributed by atoms with van der Waals surface area (Å²) in [5.41, 5.74) is 0.153. The highest BCUT2D eigenvalue weighted by Crippen LogP contribution is 2.35. The molecule has 1 heterocycles. The molecule has 0 spiro atoms. The summed E-state index contributed by atoms with van der Waals surface area (Å²) in [6.07, 6.45) is 8.28. The third-order valence-corrected chi connectivity index (χ3v) is 5.88. The van der Waals surface area contributed by atoms with Gasteiger partial charge in [0.25, 0.3) is 5.91 Å². The highest BCUT2D eigenvalue weighted by Gasteiger charge is 2.39. The van der Waals surface area contributed by atoms with Crippen LogP contribution in [0.4, 0.5) is 0 Å². The summed E-state index contributed by atoms with van der Waals surface area (Å²) < 4.78 is 11.0. The molecule has 0 aromatic heterocycles. The van der Waals surface area contributed by atoms with Gasteiger partial charge in [-0.05, 0) is 57.8 Å². The molecule has 1 N–H and O–H groups in total.